The van der Waals surface area contributed by atoms with Crippen LogP contribution in [-0.4, -0.2) is 18.5 Å². The number of hydrogen-bond donors (Lipinski definition) is 2. The van der Waals surface area contributed by atoms with Gasteiger partial charge in [0.25, 0.3) is 0 Å². The fraction of sp³-hybridized carbons (Fsp3) is 0.533. The van der Waals surface area contributed by atoms with E-state index in [1.165, 1.54) is 11.3 Å². The molecule has 1 aromatic rings. The van der Waals surface area contributed by atoms with Crippen molar-refractivity contribution in [3.05, 3.63) is 29.8 Å². The Labute approximate surface area is 109 Å². The predicted octanol–water partition coefficient (Wildman–Crippen LogP) is 2.43. The Balaban J connectivity index is 1.98. The van der Waals surface area contributed by atoms with Gasteiger partial charge in [0.05, 0.1) is 5.92 Å². The molecule has 1 amide bonds. The van der Waals surface area contributed by atoms with Crippen LogP contribution in [0.5, 0.6) is 0 Å². The molecule has 2 atom stereocenters. The first kappa shape index (κ1) is 12.9. The zero-order valence-electron chi connectivity index (χ0n) is 11.4. The molecule has 98 valence electrons. The summed E-state index contributed by atoms with van der Waals surface area (Å²) in [6, 6.07) is 8.44. The highest BCUT2D eigenvalue weighted by Crippen LogP contribution is 2.24. The fourth-order valence-corrected chi connectivity index (χ4v) is 2.14. The van der Waals surface area contributed by atoms with Gasteiger partial charge in [-0.25, -0.2) is 0 Å². The van der Waals surface area contributed by atoms with E-state index in [2.05, 4.69) is 43.5 Å². The van der Waals surface area contributed by atoms with Crippen LogP contribution in [0.2, 0.25) is 0 Å². The number of nitrogens with one attached hydrogen (secondary N) is 2. The minimum absolute atomic E-state index is 0.0427. The van der Waals surface area contributed by atoms with Crippen LogP contribution in [0.15, 0.2) is 24.3 Å². The molecule has 3 heteroatoms. The average molecular weight is 246 g/mol. The van der Waals surface area contributed by atoms with Gasteiger partial charge in [0, 0.05) is 18.3 Å². The minimum Gasteiger partial charge on any atom is -0.384 e. The second-order valence-corrected chi connectivity index (χ2v) is 5.48. The third-order valence-electron chi connectivity index (χ3n) is 3.76. The molecule has 1 aromatic carbocycles. The largest absolute Gasteiger partial charge is 0.384 e. The molecule has 3 nitrogen and oxygen atoms in total. The summed E-state index contributed by atoms with van der Waals surface area (Å²) < 4.78 is 0. The molecule has 0 saturated heterocycles. The normalized spacial score (nSPS) is 19.9. The summed E-state index contributed by atoms with van der Waals surface area (Å²) >= 11 is 0. The maximum absolute atomic E-state index is 12.2. The van der Waals surface area contributed by atoms with Gasteiger partial charge >= 0.3 is 0 Å². The van der Waals surface area contributed by atoms with Gasteiger partial charge in [-0.15, -0.1) is 0 Å². The van der Waals surface area contributed by atoms with Crippen LogP contribution in [0.25, 0.3) is 0 Å². The SMILES string of the molecule is CC(C)C(C)NC(=O)C1CNc2ccccc2C1. The van der Waals surface area contributed by atoms with Crippen molar-refractivity contribution in [1.82, 2.24) is 5.32 Å². The second-order valence-electron chi connectivity index (χ2n) is 5.48. The Morgan fingerprint density at radius 1 is 1.33 bits per heavy atom. The third kappa shape index (κ3) is 2.84. The molecule has 2 N–H and O–H groups in total. The number of rotatable bonds is 3. The minimum atomic E-state index is 0.0427. The van der Waals surface area contributed by atoms with Crippen LogP contribution in [0, 0.1) is 11.8 Å². The number of para-hydroxylation sites is 1. The Kier molecular flexibility index (Phi) is 3.90. The summed E-state index contributed by atoms with van der Waals surface area (Å²) in [6.07, 6.45) is 0.833. The van der Waals surface area contributed by atoms with E-state index in [9.17, 15) is 4.79 Å². The van der Waals surface area contributed by atoms with Crippen LogP contribution >= 0.6 is 0 Å². The van der Waals surface area contributed by atoms with Gasteiger partial charge < -0.3 is 10.6 Å². The second kappa shape index (κ2) is 5.42. The Hall–Kier alpha value is -1.51. The Bertz CT molecular complexity index is 428. The number of carbonyl (C=O) groups is 1. The van der Waals surface area contributed by atoms with E-state index in [0.29, 0.717) is 5.92 Å². The number of anilines is 1. The fourth-order valence-electron chi connectivity index (χ4n) is 2.14. The van der Waals surface area contributed by atoms with Crippen molar-refractivity contribution in [2.45, 2.75) is 33.2 Å². The molecule has 1 heterocycles. The summed E-state index contributed by atoms with van der Waals surface area (Å²) in [4.78, 5) is 12.2. The van der Waals surface area contributed by atoms with Gasteiger partial charge in [-0.3, -0.25) is 4.79 Å². The van der Waals surface area contributed by atoms with Crippen LogP contribution < -0.4 is 10.6 Å². The predicted molar refractivity (Wildman–Crippen MR) is 74.6 cm³/mol. The Morgan fingerprint density at radius 2 is 2.06 bits per heavy atom. The van der Waals surface area contributed by atoms with Gasteiger partial charge in [-0.1, -0.05) is 32.0 Å². The van der Waals surface area contributed by atoms with Crippen molar-refractivity contribution >= 4 is 11.6 Å². The summed E-state index contributed by atoms with van der Waals surface area (Å²) in [5, 5.41) is 6.44. The van der Waals surface area contributed by atoms with Gasteiger partial charge in [0.2, 0.25) is 5.91 Å². The number of fused-ring (bicyclic) bond motifs is 1. The van der Waals surface area contributed by atoms with Crippen LogP contribution in [0.1, 0.15) is 26.3 Å². The summed E-state index contributed by atoms with van der Waals surface area (Å²) in [5.74, 6) is 0.678. The average Bonchev–Trinajstić information content (AvgIpc) is 2.37. The van der Waals surface area contributed by atoms with Crippen LogP contribution in [0.3, 0.4) is 0 Å². The molecular weight excluding hydrogens is 224 g/mol. The number of hydrogen-bond acceptors (Lipinski definition) is 2. The first-order valence-electron chi connectivity index (χ1n) is 6.70. The molecule has 0 spiro atoms. The van der Waals surface area contributed by atoms with Crippen molar-refractivity contribution in [3.63, 3.8) is 0 Å². The van der Waals surface area contributed by atoms with Crippen molar-refractivity contribution in [3.8, 4) is 0 Å². The van der Waals surface area contributed by atoms with Crippen LogP contribution in [-0.2, 0) is 11.2 Å². The van der Waals surface area contributed by atoms with Crippen molar-refractivity contribution in [2.24, 2.45) is 11.8 Å². The van der Waals surface area contributed by atoms with Gasteiger partial charge in [-0.2, -0.15) is 0 Å². The van der Waals surface area contributed by atoms with E-state index < -0.39 is 0 Å². The lowest BCUT2D eigenvalue weighted by molar-refractivity contribution is -0.125. The van der Waals surface area contributed by atoms with E-state index >= 15 is 0 Å². The summed E-state index contributed by atoms with van der Waals surface area (Å²) in [7, 11) is 0. The zero-order chi connectivity index (χ0) is 13.1. The number of carbonyl (C=O) groups excluding carboxylic acids is 1. The zero-order valence-corrected chi connectivity index (χ0v) is 11.4. The molecule has 1 aliphatic rings. The molecule has 2 rings (SSSR count). The van der Waals surface area contributed by atoms with E-state index in [0.717, 1.165) is 13.0 Å². The third-order valence-corrected chi connectivity index (χ3v) is 3.76. The molecule has 0 radical (unpaired) electrons. The lowest BCUT2D eigenvalue weighted by Gasteiger charge is -2.27. The quantitative estimate of drug-likeness (QED) is 0.860. The van der Waals surface area contributed by atoms with E-state index in [4.69, 9.17) is 0 Å². The van der Waals surface area contributed by atoms with Crippen molar-refractivity contribution in [1.29, 1.82) is 0 Å². The topological polar surface area (TPSA) is 41.1 Å². The highest BCUT2D eigenvalue weighted by molar-refractivity contribution is 5.81. The molecule has 2 unspecified atom stereocenters. The first-order chi connectivity index (χ1) is 8.58. The van der Waals surface area contributed by atoms with E-state index in [-0.39, 0.29) is 17.9 Å². The highest BCUT2D eigenvalue weighted by Gasteiger charge is 2.25. The number of amides is 1. The van der Waals surface area contributed by atoms with Crippen LogP contribution in [0.4, 0.5) is 5.69 Å². The maximum Gasteiger partial charge on any atom is 0.225 e. The van der Waals surface area contributed by atoms with Crippen molar-refractivity contribution in [2.75, 3.05) is 11.9 Å². The molecule has 0 aromatic heterocycles. The van der Waals surface area contributed by atoms with Gasteiger partial charge in [0.1, 0.15) is 0 Å². The summed E-state index contributed by atoms with van der Waals surface area (Å²) in [6.45, 7) is 7.04. The molecule has 0 aliphatic carbocycles. The molecule has 0 saturated carbocycles. The van der Waals surface area contributed by atoms with E-state index in [1.54, 1.807) is 0 Å². The molecule has 1 aliphatic heterocycles. The monoisotopic (exact) mass is 246 g/mol. The first-order valence-corrected chi connectivity index (χ1v) is 6.70. The van der Waals surface area contributed by atoms with E-state index in [1.807, 2.05) is 12.1 Å². The summed E-state index contributed by atoms with van der Waals surface area (Å²) in [5.41, 5.74) is 2.40. The lowest BCUT2D eigenvalue weighted by Crippen LogP contribution is -2.43. The smallest absolute Gasteiger partial charge is 0.225 e. The van der Waals surface area contributed by atoms with Crippen molar-refractivity contribution < 1.29 is 4.79 Å². The maximum atomic E-state index is 12.2. The molecule has 0 bridgehead atoms. The highest BCUT2D eigenvalue weighted by atomic mass is 16.2. The lowest BCUT2D eigenvalue weighted by atomic mass is 9.92. The molecular formula is C15H22N2O. The van der Waals surface area contributed by atoms with Gasteiger partial charge in [0.15, 0.2) is 0 Å². The Morgan fingerprint density at radius 3 is 2.78 bits per heavy atom. The number of benzene rings is 1. The molecule has 18 heavy (non-hydrogen) atoms. The van der Waals surface area contributed by atoms with Gasteiger partial charge in [-0.05, 0) is 30.9 Å². The standard InChI is InChI=1S/C15H22N2O/c1-10(2)11(3)17-15(18)13-8-12-6-4-5-7-14(12)16-9-13/h4-7,10-11,13,16H,8-9H2,1-3H3,(H,17,18). The molecule has 0 fully saturated rings.